The fraction of sp³-hybridized carbons (Fsp3) is 0.368. The average molecular weight is 406 g/mol. The van der Waals surface area contributed by atoms with Gasteiger partial charge >= 0.3 is 0 Å². The number of carbonyl (C=O) groups is 1. The summed E-state index contributed by atoms with van der Waals surface area (Å²) in [4.78, 5) is 16.7. The smallest absolute Gasteiger partial charge is 0.245 e. The highest BCUT2D eigenvalue weighted by Crippen LogP contribution is 2.28. The third-order valence-corrected chi connectivity index (χ3v) is 7.22. The van der Waals surface area contributed by atoms with Gasteiger partial charge in [0, 0.05) is 19.3 Å². The van der Waals surface area contributed by atoms with Crippen LogP contribution >= 0.6 is 11.8 Å². The first-order valence-electron chi connectivity index (χ1n) is 8.91. The van der Waals surface area contributed by atoms with E-state index in [4.69, 9.17) is 0 Å². The van der Waals surface area contributed by atoms with Gasteiger partial charge in [0.25, 0.3) is 0 Å². The zero-order chi connectivity index (χ0) is 19.3. The molecule has 1 fully saturated rings. The van der Waals surface area contributed by atoms with Crippen LogP contribution in [0.5, 0.6) is 0 Å². The second-order valence-electron chi connectivity index (χ2n) is 6.47. The van der Waals surface area contributed by atoms with Gasteiger partial charge in [-0.25, -0.2) is 13.4 Å². The predicted molar refractivity (Wildman–Crippen MR) is 107 cm³/mol. The van der Waals surface area contributed by atoms with Gasteiger partial charge in [-0.05, 0) is 49.6 Å². The number of benzene rings is 1. The van der Waals surface area contributed by atoms with Crippen molar-refractivity contribution in [1.29, 1.82) is 0 Å². The number of thioether (sulfide) groups is 1. The van der Waals surface area contributed by atoms with E-state index in [1.165, 1.54) is 16.1 Å². The molecule has 2 heterocycles. The number of nitrogens with one attached hydrogen (secondary N) is 1. The molecule has 2 aromatic rings. The number of sulfonamides is 1. The molecule has 3 rings (SSSR count). The third kappa shape index (κ3) is 5.09. The van der Waals surface area contributed by atoms with Crippen LogP contribution in [0.2, 0.25) is 0 Å². The highest BCUT2D eigenvalue weighted by Gasteiger charge is 2.28. The summed E-state index contributed by atoms with van der Waals surface area (Å²) in [6, 6.07) is 10.6. The number of anilines is 1. The first-order chi connectivity index (χ1) is 13.0. The van der Waals surface area contributed by atoms with Crippen molar-refractivity contribution in [2.45, 2.75) is 36.1 Å². The van der Waals surface area contributed by atoms with Gasteiger partial charge in [0.2, 0.25) is 15.9 Å². The van der Waals surface area contributed by atoms with Crippen molar-refractivity contribution in [2.75, 3.05) is 24.2 Å². The standard InChI is InChI=1S/C19H23N3O3S2/c1-15-8-9-16(21-18(23)14-26-19-7-3-4-10-20-19)17(13-15)27(24,25)22-11-5-2-6-12-22/h3-4,7-10,13H,2,5-6,11-12,14H2,1H3,(H,21,23). The van der Waals surface area contributed by atoms with E-state index in [1.54, 1.807) is 24.4 Å². The molecule has 0 aliphatic carbocycles. The second kappa shape index (κ2) is 8.86. The highest BCUT2D eigenvalue weighted by atomic mass is 32.2. The number of hydrogen-bond acceptors (Lipinski definition) is 5. The number of pyridine rings is 1. The highest BCUT2D eigenvalue weighted by molar-refractivity contribution is 7.99. The lowest BCUT2D eigenvalue weighted by Crippen LogP contribution is -2.36. The van der Waals surface area contributed by atoms with Gasteiger partial charge in [-0.1, -0.05) is 30.3 Å². The van der Waals surface area contributed by atoms with Crippen molar-refractivity contribution < 1.29 is 13.2 Å². The van der Waals surface area contributed by atoms with Crippen LogP contribution < -0.4 is 5.32 Å². The lowest BCUT2D eigenvalue weighted by Gasteiger charge is -2.27. The minimum Gasteiger partial charge on any atom is -0.324 e. The molecule has 8 heteroatoms. The summed E-state index contributed by atoms with van der Waals surface area (Å²) in [5, 5.41) is 3.51. The Labute approximate surface area is 164 Å². The fourth-order valence-corrected chi connectivity index (χ4v) is 5.36. The largest absolute Gasteiger partial charge is 0.324 e. The quantitative estimate of drug-likeness (QED) is 0.746. The van der Waals surface area contributed by atoms with Crippen molar-refractivity contribution in [1.82, 2.24) is 9.29 Å². The third-order valence-electron chi connectivity index (χ3n) is 4.33. The average Bonchev–Trinajstić information content (AvgIpc) is 2.69. The summed E-state index contributed by atoms with van der Waals surface area (Å²) in [7, 11) is -3.63. The molecule has 1 amide bonds. The van der Waals surface area contributed by atoms with Gasteiger partial charge in [-0.2, -0.15) is 4.31 Å². The number of amides is 1. The molecule has 1 aromatic carbocycles. The van der Waals surface area contributed by atoms with Gasteiger partial charge in [0.15, 0.2) is 0 Å². The molecule has 144 valence electrons. The molecular weight excluding hydrogens is 382 g/mol. The van der Waals surface area contributed by atoms with Crippen LogP contribution in [0.4, 0.5) is 5.69 Å². The van der Waals surface area contributed by atoms with Crippen LogP contribution in [0, 0.1) is 6.92 Å². The normalized spacial score (nSPS) is 15.4. The van der Waals surface area contributed by atoms with Gasteiger partial charge in [-0.15, -0.1) is 0 Å². The van der Waals surface area contributed by atoms with E-state index in [9.17, 15) is 13.2 Å². The summed E-state index contributed by atoms with van der Waals surface area (Å²) in [5.74, 6) is -0.0988. The Bertz CT molecular complexity index is 896. The van der Waals surface area contributed by atoms with E-state index in [1.807, 2.05) is 25.1 Å². The zero-order valence-electron chi connectivity index (χ0n) is 15.2. The van der Waals surface area contributed by atoms with Gasteiger partial charge in [-0.3, -0.25) is 4.79 Å². The molecule has 0 spiro atoms. The van der Waals surface area contributed by atoms with Gasteiger partial charge in [0.1, 0.15) is 4.90 Å². The molecule has 6 nitrogen and oxygen atoms in total. The van der Waals surface area contributed by atoms with E-state index in [0.717, 1.165) is 29.9 Å². The Morgan fingerprint density at radius 2 is 1.96 bits per heavy atom. The molecule has 1 aliphatic heterocycles. The molecule has 0 bridgehead atoms. The maximum absolute atomic E-state index is 13.1. The summed E-state index contributed by atoms with van der Waals surface area (Å²) in [5.41, 5.74) is 1.17. The molecular formula is C19H23N3O3S2. The molecule has 1 N–H and O–H groups in total. The van der Waals surface area contributed by atoms with Crippen LogP contribution in [0.3, 0.4) is 0 Å². The van der Waals surface area contributed by atoms with Crippen LogP contribution in [-0.2, 0) is 14.8 Å². The maximum atomic E-state index is 13.1. The maximum Gasteiger partial charge on any atom is 0.245 e. The Hall–Kier alpha value is -1.90. The number of piperidine rings is 1. The minimum absolute atomic E-state index is 0.161. The molecule has 1 aliphatic rings. The number of aryl methyl sites for hydroxylation is 1. The Kier molecular flexibility index (Phi) is 6.51. The van der Waals surface area contributed by atoms with Gasteiger partial charge < -0.3 is 5.32 Å². The van der Waals surface area contributed by atoms with Crippen molar-refractivity contribution in [3.05, 3.63) is 48.2 Å². The second-order valence-corrected chi connectivity index (χ2v) is 9.37. The summed E-state index contributed by atoms with van der Waals surface area (Å²) in [6.07, 6.45) is 4.46. The summed E-state index contributed by atoms with van der Waals surface area (Å²) >= 11 is 1.31. The van der Waals surface area contributed by atoms with Crippen molar-refractivity contribution >= 4 is 33.4 Å². The molecule has 0 radical (unpaired) electrons. The number of hydrogen-bond donors (Lipinski definition) is 1. The lowest BCUT2D eigenvalue weighted by atomic mass is 10.2. The molecule has 1 aromatic heterocycles. The van der Waals surface area contributed by atoms with E-state index in [2.05, 4.69) is 10.3 Å². The van der Waals surface area contributed by atoms with Crippen LogP contribution in [-0.4, -0.2) is 42.5 Å². The monoisotopic (exact) mass is 405 g/mol. The Morgan fingerprint density at radius 1 is 1.19 bits per heavy atom. The number of nitrogens with zero attached hydrogens (tertiary/aromatic N) is 2. The molecule has 0 unspecified atom stereocenters. The minimum atomic E-state index is -3.63. The van der Waals surface area contributed by atoms with E-state index in [-0.39, 0.29) is 16.6 Å². The van der Waals surface area contributed by atoms with Crippen LogP contribution in [0.15, 0.2) is 52.5 Å². The Balaban J connectivity index is 1.76. The van der Waals surface area contributed by atoms with Crippen molar-refractivity contribution in [2.24, 2.45) is 0 Å². The van der Waals surface area contributed by atoms with E-state index < -0.39 is 10.0 Å². The summed E-state index contributed by atoms with van der Waals surface area (Å²) in [6.45, 7) is 2.90. The first kappa shape index (κ1) is 19.9. The molecule has 0 saturated carbocycles. The fourth-order valence-electron chi connectivity index (χ4n) is 2.95. The first-order valence-corrected chi connectivity index (χ1v) is 11.3. The molecule has 27 heavy (non-hydrogen) atoms. The molecule has 0 atom stereocenters. The lowest BCUT2D eigenvalue weighted by molar-refractivity contribution is -0.113. The van der Waals surface area contributed by atoms with E-state index in [0.29, 0.717) is 18.8 Å². The topological polar surface area (TPSA) is 79.4 Å². The number of aromatic nitrogens is 1. The van der Waals surface area contributed by atoms with Crippen LogP contribution in [0.1, 0.15) is 24.8 Å². The predicted octanol–water partition coefficient (Wildman–Crippen LogP) is 3.30. The molecule has 1 saturated heterocycles. The number of rotatable bonds is 6. The van der Waals surface area contributed by atoms with Crippen LogP contribution in [0.25, 0.3) is 0 Å². The van der Waals surface area contributed by atoms with E-state index >= 15 is 0 Å². The Morgan fingerprint density at radius 3 is 2.67 bits per heavy atom. The SMILES string of the molecule is Cc1ccc(NC(=O)CSc2ccccn2)c(S(=O)(=O)N2CCCCC2)c1. The van der Waals surface area contributed by atoms with Gasteiger partial charge in [0.05, 0.1) is 16.5 Å². The zero-order valence-corrected chi connectivity index (χ0v) is 16.9. The summed E-state index contributed by atoms with van der Waals surface area (Å²) < 4.78 is 27.7. The van der Waals surface area contributed by atoms with Crippen molar-refractivity contribution in [3.63, 3.8) is 0 Å². The van der Waals surface area contributed by atoms with Crippen molar-refractivity contribution in [3.8, 4) is 0 Å². The number of carbonyl (C=O) groups excluding carboxylic acids is 1.